The highest BCUT2D eigenvalue weighted by Crippen LogP contribution is 1.85. The Kier molecular flexibility index (Phi) is 9.19. The monoisotopic (exact) mass is 160 g/mol. The van der Waals surface area contributed by atoms with Crippen LogP contribution in [0.25, 0.3) is 0 Å². The van der Waals surface area contributed by atoms with Gasteiger partial charge in [0.25, 0.3) is 0 Å². The SMILES string of the molecule is CO[Si]CCCNCCN. The fourth-order valence-electron chi connectivity index (χ4n) is 0.615. The molecule has 0 amide bonds. The Morgan fingerprint density at radius 3 is 2.90 bits per heavy atom. The van der Waals surface area contributed by atoms with Gasteiger partial charge in [0.05, 0.1) is 0 Å². The zero-order chi connectivity index (χ0) is 7.66. The second-order valence-electron chi connectivity index (χ2n) is 1.99. The van der Waals surface area contributed by atoms with Crippen molar-refractivity contribution < 1.29 is 4.43 Å². The maximum absolute atomic E-state index is 5.28. The van der Waals surface area contributed by atoms with Gasteiger partial charge in [-0.25, -0.2) is 0 Å². The summed E-state index contributed by atoms with van der Waals surface area (Å²) in [6, 6.07) is 1.16. The van der Waals surface area contributed by atoms with Crippen molar-refractivity contribution in [2.75, 3.05) is 26.7 Å². The molecule has 4 heteroatoms. The van der Waals surface area contributed by atoms with Gasteiger partial charge in [-0.15, -0.1) is 0 Å². The molecule has 0 saturated heterocycles. The average Bonchev–Trinajstić information content (AvgIpc) is 1.97. The third-order valence-electron chi connectivity index (χ3n) is 1.10. The summed E-state index contributed by atoms with van der Waals surface area (Å²) in [6.07, 6.45) is 1.19. The zero-order valence-corrected chi connectivity index (χ0v) is 7.52. The van der Waals surface area contributed by atoms with Crippen molar-refractivity contribution in [1.82, 2.24) is 5.32 Å². The minimum absolute atomic E-state index is 0.656. The van der Waals surface area contributed by atoms with E-state index in [1.54, 1.807) is 7.11 Å². The predicted octanol–water partition coefficient (Wildman–Crippen LogP) is -0.391. The van der Waals surface area contributed by atoms with E-state index in [0.29, 0.717) is 9.76 Å². The molecule has 3 nitrogen and oxygen atoms in total. The van der Waals surface area contributed by atoms with Crippen molar-refractivity contribution in [3.8, 4) is 0 Å². The molecule has 0 atom stereocenters. The second kappa shape index (κ2) is 9.10. The summed E-state index contributed by atoms with van der Waals surface area (Å²) in [4.78, 5) is 0. The van der Waals surface area contributed by atoms with E-state index < -0.39 is 0 Å². The summed E-state index contributed by atoms with van der Waals surface area (Å²) in [6.45, 7) is 2.72. The van der Waals surface area contributed by atoms with E-state index in [1.807, 2.05) is 0 Å². The molecule has 0 unspecified atom stereocenters. The normalized spacial score (nSPS) is 10.2. The van der Waals surface area contributed by atoms with Gasteiger partial charge in [0.2, 0.25) is 9.76 Å². The van der Waals surface area contributed by atoms with Crippen LogP contribution in [0.1, 0.15) is 6.42 Å². The van der Waals surface area contributed by atoms with E-state index in [1.165, 1.54) is 6.42 Å². The summed E-state index contributed by atoms with van der Waals surface area (Å²) in [5.41, 5.74) is 5.28. The molecule has 3 N–H and O–H groups in total. The molecule has 0 aliphatic heterocycles. The third-order valence-corrected chi connectivity index (χ3v) is 1.94. The van der Waals surface area contributed by atoms with Gasteiger partial charge in [0, 0.05) is 20.2 Å². The van der Waals surface area contributed by atoms with Crippen molar-refractivity contribution in [3.05, 3.63) is 0 Å². The zero-order valence-electron chi connectivity index (χ0n) is 6.52. The lowest BCUT2D eigenvalue weighted by molar-refractivity contribution is 0.439. The molecule has 0 heterocycles. The van der Waals surface area contributed by atoms with Crippen LogP contribution in [-0.4, -0.2) is 36.5 Å². The minimum atomic E-state index is 0.656. The van der Waals surface area contributed by atoms with Crippen LogP contribution in [0, 0.1) is 0 Å². The van der Waals surface area contributed by atoms with Crippen LogP contribution in [0.15, 0.2) is 0 Å². The van der Waals surface area contributed by atoms with Gasteiger partial charge in [0.15, 0.2) is 0 Å². The van der Waals surface area contributed by atoms with E-state index in [4.69, 9.17) is 10.2 Å². The van der Waals surface area contributed by atoms with E-state index in [9.17, 15) is 0 Å². The molecule has 0 aromatic rings. The molecule has 0 rings (SSSR count). The molecule has 0 bridgehead atoms. The van der Waals surface area contributed by atoms with E-state index in [-0.39, 0.29) is 0 Å². The van der Waals surface area contributed by atoms with Crippen molar-refractivity contribution in [2.24, 2.45) is 5.73 Å². The topological polar surface area (TPSA) is 47.3 Å². The maximum Gasteiger partial charge on any atom is 0.229 e. The Bertz CT molecular complexity index is 55.7. The summed E-state index contributed by atoms with van der Waals surface area (Å²) in [5.74, 6) is 0. The molecule has 10 heavy (non-hydrogen) atoms. The summed E-state index contributed by atoms with van der Waals surface area (Å²) < 4.78 is 4.92. The first-order valence-corrected chi connectivity index (χ1v) is 4.70. The highest BCUT2D eigenvalue weighted by atomic mass is 28.2. The molecule has 0 fully saturated rings. The average molecular weight is 160 g/mol. The number of hydrogen-bond donors (Lipinski definition) is 2. The fraction of sp³-hybridized carbons (Fsp3) is 1.00. The molecular weight excluding hydrogens is 144 g/mol. The second-order valence-corrected chi connectivity index (χ2v) is 3.19. The quantitative estimate of drug-likeness (QED) is 0.394. The fourth-order valence-corrected chi connectivity index (χ4v) is 1.14. The Morgan fingerprint density at radius 2 is 2.30 bits per heavy atom. The van der Waals surface area contributed by atoms with Gasteiger partial charge in [-0.2, -0.15) is 0 Å². The number of hydrogen-bond acceptors (Lipinski definition) is 3. The van der Waals surface area contributed by atoms with Gasteiger partial charge in [-0.1, -0.05) is 0 Å². The lowest BCUT2D eigenvalue weighted by Gasteiger charge is -2.00. The number of nitrogens with one attached hydrogen (secondary N) is 1. The lowest BCUT2D eigenvalue weighted by Crippen LogP contribution is -2.23. The largest absolute Gasteiger partial charge is 0.421 e. The molecule has 0 aliphatic rings. The highest BCUT2D eigenvalue weighted by molar-refractivity contribution is 6.26. The first-order chi connectivity index (χ1) is 4.91. The van der Waals surface area contributed by atoms with Crippen LogP contribution in [0.3, 0.4) is 0 Å². The van der Waals surface area contributed by atoms with Crippen molar-refractivity contribution >= 4 is 9.76 Å². The van der Waals surface area contributed by atoms with Crippen LogP contribution in [0.4, 0.5) is 0 Å². The first kappa shape index (κ1) is 10.1. The van der Waals surface area contributed by atoms with Crippen LogP contribution in [0.5, 0.6) is 0 Å². The molecule has 0 aromatic heterocycles. The van der Waals surface area contributed by atoms with Crippen molar-refractivity contribution in [3.63, 3.8) is 0 Å². The Hall–Kier alpha value is 0.0969. The Balaban J connectivity index is 2.65. The predicted molar refractivity (Wildman–Crippen MR) is 44.1 cm³/mol. The van der Waals surface area contributed by atoms with Crippen LogP contribution in [-0.2, 0) is 4.43 Å². The highest BCUT2D eigenvalue weighted by Gasteiger charge is 1.88. The van der Waals surface area contributed by atoms with Crippen LogP contribution < -0.4 is 11.1 Å². The van der Waals surface area contributed by atoms with Crippen molar-refractivity contribution in [2.45, 2.75) is 12.5 Å². The molecule has 0 aromatic carbocycles. The van der Waals surface area contributed by atoms with Gasteiger partial charge >= 0.3 is 0 Å². The van der Waals surface area contributed by atoms with Gasteiger partial charge < -0.3 is 15.5 Å². The smallest absolute Gasteiger partial charge is 0.229 e. The maximum atomic E-state index is 5.28. The van der Waals surface area contributed by atoms with E-state index in [2.05, 4.69) is 5.32 Å². The first-order valence-electron chi connectivity index (χ1n) is 3.58. The third kappa shape index (κ3) is 8.10. The van der Waals surface area contributed by atoms with E-state index >= 15 is 0 Å². The van der Waals surface area contributed by atoms with Gasteiger partial charge in [0.1, 0.15) is 0 Å². The molecule has 60 valence electrons. The lowest BCUT2D eigenvalue weighted by atomic mass is 10.5. The molecular formula is C6H16N2OSi. The summed E-state index contributed by atoms with van der Waals surface area (Å²) >= 11 is 0. The van der Waals surface area contributed by atoms with Gasteiger partial charge in [-0.05, 0) is 19.0 Å². The Labute approximate surface area is 65.3 Å². The number of rotatable bonds is 7. The van der Waals surface area contributed by atoms with Gasteiger partial charge in [-0.3, -0.25) is 0 Å². The molecule has 2 radical (unpaired) electrons. The van der Waals surface area contributed by atoms with Crippen LogP contribution in [0.2, 0.25) is 6.04 Å². The molecule has 0 aliphatic carbocycles. The van der Waals surface area contributed by atoms with E-state index in [0.717, 1.165) is 25.7 Å². The van der Waals surface area contributed by atoms with Crippen LogP contribution >= 0.6 is 0 Å². The molecule has 0 saturated carbocycles. The summed E-state index contributed by atoms with van der Waals surface area (Å²) in [7, 11) is 2.40. The standard InChI is InChI=1S/C6H16N2OSi/c1-9-10-6-2-4-8-5-3-7/h8H,2-7H2,1H3. The summed E-state index contributed by atoms with van der Waals surface area (Å²) in [5, 5.41) is 3.22. The van der Waals surface area contributed by atoms with Crippen molar-refractivity contribution in [1.29, 1.82) is 0 Å². The number of nitrogens with two attached hydrogens (primary N) is 1. The Morgan fingerprint density at radius 1 is 1.50 bits per heavy atom. The minimum Gasteiger partial charge on any atom is -0.421 e. The molecule has 0 spiro atoms.